The van der Waals surface area contributed by atoms with Gasteiger partial charge in [-0.2, -0.15) is 0 Å². The fourth-order valence-electron chi connectivity index (χ4n) is 1.40. The van der Waals surface area contributed by atoms with Crippen LogP contribution in [0, 0.1) is 11.8 Å². The van der Waals surface area contributed by atoms with Crippen LogP contribution in [-0.2, 0) is 9.53 Å². The molecule has 0 N–H and O–H groups in total. The van der Waals surface area contributed by atoms with E-state index in [4.69, 9.17) is 4.74 Å². The van der Waals surface area contributed by atoms with Crippen molar-refractivity contribution in [2.45, 2.75) is 47.0 Å². The van der Waals surface area contributed by atoms with Gasteiger partial charge in [-0.15, -0.1) is 0 Å². The van der Waals surface area contributed by atoms with Crippen LogP contribution >= 0.6 is 0 Å². The summed E-state index contributed by atoms with van der Waals surface area (Å²) in [6, 6.07) is 0. The number of ether oxygens (including phenoxy) is 1. The molecule has 2 heteroatoms. The zero-order valence-corrected chi connectivity index (χ0v) is 10.5. The number of esters is 1. The van der Waals surface area contributed by atoms with Crippen LogP contribution in [0.2, 0.25) is 0 Å². The van der Waals surface area contributed by atoms with Crippen molar-refractivity contribution in [1.29, 1.82) is 0 Å². The summed E-state index contributed by atoms with van der Waals surface area (Å²) in [5.74, 6) is 0.851. The van der Waals surface area contributed by atoms with Crippen molar-refractivity contribution in [3.8, 4) is 0 Å². The largest absolute Gasteiger partial charge is 0.463 e. The Morgan fingerprint density at radius 2 is 2.00 bits per heavy atom. The van der Waals surface area contributed by atoms with Gasteiger partial charge in [0.2, 0.25) is 0 Å². The minimum Gasteiger partial charge on any atom is -0.463 e. The molecule has 0 spiro atoms. The van der Waals surface area contributed by atoms with Gasteiger partial charge in [-0.3, -0.25) is 0 Å². The molecule has 0 aliphatic heterocycles. The summed E-state index contributed by atoms with van der Waals surface area (Å²) in [5.41, 5.74) is 0. The normalized spacial score (nSPS) is 15.2. The number of hydrogen-bond acceptors (Lipinski definition) is 2. The van der Waals surface area contributed by atoms with Gasteiger partial charge >= 0.3 is 5.97 Å². The molecule has 2 unspecified atom stereocenters. The van der Waals surface area contributed by atoms with Crippen molar-refractivity contribution in [1.82, 2.24) is 0 Å². The maximum Gasteiger partial charge on any atom is 0.330 e. The lowest BCUT2D eigenvalue weighted by Crippen LogP contribution is -2.07. The predicted molar refractivity (Wildman–Crippen MR) is 63.6 cm³/mol. The van der Waals surface area contributed by atoms with E-state index >= 15 is 0 Å². The molecule has 0 saturated heterocycles. The topological polar surface area (TPSA) is 26.3 Å². The van der Waals surface area contributed by atoms with Crippen LogP contribution in [-0.4, -0.2) is 12.6 Å². The molecule has 2 atom stereocenters. The SMILES string of the molecule is CCCCC(C)C(C)/C=C/C(=O)OCC. The zero-order valence-electron chi connectivity index (χ0n) is 10.5. The summed E-state index contributed by atoms with van der Waals surface area (Å²) in [4.78, 5) is 11.1. The Labute approximate surface area is 93.7 Å². The number of rotatable bonds is 7. The summed E-state index contributed by atoms with van der Waals surface area (Å²) < 4.78 is 4.83. The fraction of sp³-hybridized carbons (Fsp3) is 0.769. The van der Waals surface area contributed by atoms with Crippen LogP contribution < -0.4 is 0 Å². The minimum absolute atomic E-state index is 0.230. The first-order valence-electron chi connectivity index (χ1n) is 5.96. The molecule has 0 amide bonds. The predicted octanol–water partition coefficient (Wildman–Crippen LogP) is 3.57. The average molecular weight is 212 g/mol. The second-order valence-electron chi connectivity index (χ2n) is 4.09. The first kappa shape index (κ1) is 14.2. The third-order valence-corrected chi connectivity index (χ3v) is 2.73. The van der Waals surface area contributed by atoms with Gasteiger partial charge in [0.15, 0.2) is 0 Å². The molecule has 0 bridgehead atoms. The summed E-state index contributed by atoms with van der Waals surface area (Å²) >= 11 is 0. The zero-order chi connectivity index (χ0) is 11.7. The molecular formula is C13H24O2. The molecule has 0 fully saturated rings. The second kappa shape index (κ2) is 8.51. The van der Waals surface area contributed by atoms with Gasteiger partial charge in [0.25, 0.3) is 0 Å². The lowest BCUT2D eigenvalue weighted by Gasteiger charge is -2.15. The molecule has 0 saturated carbocycles. The molecular weight excluding hydrogens is 188 g/mol. The van der Waals surface area contributed by atoms with E-state index in [1.54, 1.807) is 6.08 Å². The molecule has 0 aromatic heterocycles. The third-order valence-electron chi connectivity index (χ3n) is 2.73. The van der Waals surface area contributed by atoms with Crippen LogP contribution in [0.4, 0.5) is 0 Å². The summed E-state index contributed by atoms with van der Waals surface area (Å²) in [5, 5.41) is 0. The standard InChI is InChI=1S/C13H24O2/c1-5-7-8-11(3)12(4)9-10-13(14)15-6-2/h9-12H,5-8H2,1-4H3/b10-9+. The van der Waals surface area contributed by atoms with E-state index in [0.29, 0.717) is 18.4 Å². The molecule has 0 aliphatic rings. The number of hydrogen-bond donors (Lipinski definition) is 0. The number of allylic oxidation sites excluding steroid dienone is 1. The first-order chi connectivity index (χ1) is 7.11. The van der Waals surface area contributed by atoms with E-state index in [1.165, 1.54) is 19.3 Å². The summed E-state index contributed by atoms with van der Waals surface area (Å²) in [7, 11) is 0. The van der Waals surface area contributed by atoms with Gasteiger partial charge in [-0.1, -0.05) is 46.1 Å². The van der Waals surface area contributed by atoms with Crippen molar-refractivity contribution >= 4 is 5.97 Å². The monoisotopic (exact) mass is 212 g/mol. The maximum absolute atomic E-state index is 11.1. The Balaban J connectivity index is 3.88. The average Bonchev–Trinajstić information content (AvgIpc) is 2.22. The van der Waals surface area contributed by atoms with Gasteiger partial charge < -0.3 is 4.74 Å². The van der Waals surface area contributed by atoms with Crippen molar-refractivity contribution in [3.05, 3.63) is 12.2 Å². The molecule has 0 heterocycles. The van der Waals surface area contributed by atoms with Crippen LogP contribution in [0.5, 0.6) is 0 Å². The second-order valence-corrected chi connectivity index (χ2v) is 4.09. The highest BCUT2D eigenvalue weighted by molar-refractivity contribution is 5.81. The van der Waals surface area contributed by atoms with E-state index < -0.39 is 0 Å². The van der Waals surface area contributed by atoms with Crippen LogP contribution in [0.1, 0.15) is 47.0 Å². The Hall–Kier alpha value is -0.790. The Kier molecular flexibility index (Phi) is 8.06. The quantitative estimate of drug-likeness (QED) is 0.476. The van der Waals surface area contributed by atoms with E-state index in [9.17, 15) is 4.79 Å². The summed E-state index contributed by atoms with van der Waals surface area (Å²) in [6.45, 7) is 8.85. The van der Waals surface area contributed by atoms with Gasteiger partial charge in [0.1, 0.15) is 0 Å². The van der Waals surface area contributed by atoms with Gasteiger partial charge in [0.05, 0.1) is 6.61 Å². The molecule has 0 aromatic rings. The first-order valence-corrected chi connectivity index (χ1v) is 5.96. The minimum atomic E-state index is -0.230. The van der Waals surface area contributed by atoms with Crippen molar-refractivity contribution < 1.29 is 9.53 Å². The number of carbonyl (C=O) groups is 1. The molecule has 15 heavy (non-hydrogen) atoms. The molecule has 0 rings (SSSR count). The highest BCUT2D eigenvalue weighted by Crippen LogP contribution is 2.18. The molecule has 0 aromatic carbocycles. The molecule has 0 radical (unpaired) electrons. The van der Waals surface area contributed by atoms with Gasteiger partial charge in [-0.25, -0.2) is 4.79 Å². The molecule has 0 aliphatic carbocycles. The van der Waals surface area contributed by atoms with Crippen LogP contribution in [0.15, 0.2) is 12.2 Å². The molecule has 2 nitrogen and oxygen atoms in total. The summed E-state index contributed by atoms with van der Waals surface area (Å²) in [6.07, 6.45) is 7.23. The van der Waals surface area contributed by atoms with Gasteiger partial charge in [0, 0.05) is 6.08 Å². The highest BCUT2D eigenvalue weighted by atomic mass is 16.5. The van der Waals surface area contributed by atoms with Crippen LogP contribution in [0.25, 0.3) is 0 Å². The van der Waals surface area contributed by atoms with E-state index in [2.05, 4.69) is 20.8 Å². The van der Waals surface area contributed by atoms with E-state index in [0.717, 1.165) is 0 Å². The molecule has 88 valence electrons. The van der Waals surface area contributed by atoms with Crippen molar-refractivity contribution in [2.24, 2.45) is 11.8 Å². The maximum atomic E-state index is 11.1. The third kappa shape index (κ3) is 7.18. The fourth-order valence-corrected chi connectivity index (χ4v) is 1.40. The van der Waals surface area contributed by atoms with E-state index in [1.807, 2.05) is 13.0 Å². The highest BCUT2D eigenvalue weighted by Gasteiger charge is 2.08. The van der Waals surface area contributed by atoms with Crippen molar-refractivity contribution in [3.63, 3.8) is 0 Å². The number of unbranched alkanes of at least 4 members (excludes halogenated alkanes) is 1. The lowest BCUT2D eigenvalue weighted by molar-refractivity contribution is -0.137. The lowest BCUT2D eigenvalue weighted by atomic mass is 9.91. The Bertz CT molecular complexity index is 197. The van der Waals surface area contributed by atoms with Crippen LogP contribution in [0.3, 0.4) is 0 Å². The number of carbonyl (C=O) groups excluding carboxylic acids is 1. The van der Waals surface area contributed by atoms with Gasteiger partial charge in [-0.05, 0) is 18.8 Å². The van der Waals surface area contributed by atoms with E-state index in [-0.39, 0.29) is 5.97 Å². The van der Waals surface area contributed by atoms with Crippen molar-refractivity contribution in [2.75, 3.05) is 6.61 Å². The smallest absolute Gasteiger partial charge is 0.330 e. The Morgan fingerprint density at radius 3 is 2.53 bits per heavy atom. The Morgan fingerprint density at radius 1 is 1.33 bits per heavy atom.